The number of morpholine rings is 1. The second kappa shape index (κ2) is 11.7. The third kappa shape index (κ3) is 5.87. The number of nitriles is 1. The number of pyridine rings is 1. The normalized spacial score (nSPS) is 12.7. The van der Waals surface area contributed by atoms with E-state index in [1.165, 1.54) is 6.20 Å². The molecule has 4 rings (SSSR count). The Bertz CT molecular complexity index is 1360. The molecule has 1 fully saturated rings. The summed E-state index contributed by atoms with van der Waals surface area (Å²) in [5.41, 5.74) is 9.87. The second-order valence-corrected chi connectivity index (χ2v) is 8.11. The van der Waals surface area contributed by atoms with E-state index in [-0.39, 0.29) is 44.1 Å². The van der Waals surface area contributed by atoms with Crippen molar-refractivity contribution >= 4 is 52.9 Å². The molecule has 3 aromatic rings. The summed E-state index contributed by atoms with van der Waals surface area (Å²) in [6.07, 6.45) is 1.35. The van der Waals surface area contributed by atoms with Gasteiger partial charge in [-0.3, -0.25) is 15.0 Å². The SMILES string of the molecule is Cc1cc(C#N)cnc1C(=O)Nc1ccc(N)c(C(=N)c2ccc(C(=O)N3CCOCC3)cc2)c1.I.[HH].[HH]. The zero-order chi connectivity index (χ0) is 24.9. The molecule has 2 aromatic carbocycles. The Kier molecular flexibility index (Phi) is 8.73. The molecule has 2 amide bonds. The van der Waals surface area contributed by atoms with E-state index in [1.54, 1.807) is 60.4 Å². The van der Waals surface area contributed by atoms with Crippen LogP contribution in [0.5, 0.6) is 0 Å². The highest BCUT2D eigenvalue weighted by Crippen LogP contribution is 2.23. The second-order valence-electron chi connectivity index (χ2n) is 8.11. The molecule has 0 aliphatic carbocycles. The van der Waals surface area contributed by atoms with Crippen LogP contribution in [0.2, 0.25) is 0 Å². The summed E-state index contributed by atoms with van der Waals surface area (Å²) in [6, 6.07) is 15.3. The predicted molar refractivity (Wildman–Crippen MR) is 151 cm³/mol. The Morgan fingerprint density at radius 2 is 1.81 bits per heavy atom. The standard InChI is InChI=1S/C26H24N6O3.HI.2H2/c1-16-12-17(14-27)15-30-24(16)25(33)31-20-6-7-22(28)21(13-20)23(29)18-2-4-19(5-3-18)26(34)32-8-10-35-11-9-32;;;/h2-7,12-13,15,29H,8-11,28H2,1H3,(H,31,33);3*1H. The highest BCUT2D eigenvalue weighted by molar-refractivity contribution is 14.0. The third-order valence-corrected chi connectivity index (χ3v) is 5.72. The molecule has 1 aromatic heterocycles. The number of aromatic nitrogens is 1. The van der Waals surface area contributed by atoms with Gasteiger partial charge < -0.3 is 20.7 Å². The van der Waals surface area contributed by atoms with Gasteiger partial charge in [0.1, 0.15) is 11.8 Å². The number of carbonyl (C=O) groups excluding carboxylic acids is 2. The van der Waals surface area contributed by atoms with Crippen molar-refractivity contribution < 1.29 is 17.2 Å². The zero-order valence-electron chi connectivity index (χ0n) is 19.6. The van der Waals surface area contributed by atoms with Crippen LogP contribution in [0, 0.1) is 23.7 Å². The topological polar surface area (TPSA) is 145 Å². The fourth-order valence-corrected chi connectivity index (χ4v) is 3.80. The molecule has 1 saturated heterocycles. The maximum Gasteiger partial charge on any atom is 0.274 e. The molecule has 0 unspecified atom stereocenters. The number of nitrogens with zero attached hydrogens (tertiary/aromatic N) is 3. The largest absolute Gasteiger partial charge is 0.398 e. The number of hydrogen-bond donors (Lipinski definition) is 3. The number of nitrogen functional groups attached to an aromatic ring is 1. The number of halogens is 1. The van der Waals surface area contributed by atoms with Gasteiger partial charge >= 0.3 is 0 Å². The first-order valence-corrected chi connectivity index (χ1v) is 11.0. The minimum absolute atomic E-state index is 0. The number of benzene rings is 2. The van der Waals surface area contributed by atoms with Crippen LogP contribution in [0.15, 0.2) is 54.7 Å². The van der Waals surface area contributed by atoms with Crippen molar-refractivity contribution in [2.24, 2.45) is 0 Å². The van der Waals surface area contributed by atoms with Crippen LogP contribution in [0.4, 0.5) is 11.4 Å². The fourth-order valence-electron chi connectivity index (χ4n) is 3.80. The van der Waals surface area contributed by atoms with Crippen molar-refractivity contribution in [2.75, 3.05) is 37.4 Å². The van der Waals surface area contributed by atoms with Crippen molar-refractivity contribution in [2.45, 2.75) is 6.92 Å². The van der Waals surface area contributed by atoms with Gasteiger partial charge in [-0.15, -0.1) is 24.0 Å². The lowest BCUT2D eigenvalue weighted by Crippen LogP contribution is -2.40. The number of nitrogens with one attached hydrogen (secondary N) is 2. The van der Waals surface area contributed by atoms with Gasteiger partial charge in [-0.25, -0.2) is 4.98 Å². The van der Waals surface area contributed by atoms with E-state index in [0.717, 1.165) is 0 Å². The number of aryl methyl sites for hydroxylation is 1. The van der Waals surface area contributed by atoms with E-state index in [9.17, 15) is 9.59 Å². The predicted octanol–water partition coefficient (Wildman–Crippen LogP) is 4.09. The van der Waals surface area contributed by atoms with Crippen LogP contribution >= 0.6 is 24.0 Å². The molecular weight excluding hydrogens is 571 g/mol. The van der Waals surface area contributed by atoms with Gasteiger partial charge in [0.05, 0.1) is 24.5 Å². The van der Waals surface area contributed by atoms with Gasteiger partial charge in [0, 0.05) is 50.2 Å². The average molecular weight is 600 g/mol. The molecule has 36 heavy (non-hydrogen) atoms. The van der Waals surface area contributed by atoms with Crippen LogP contribution < -0.4 is 11.1 Å². The zero-order valence-corrected chi connectivity index (χ0v) is 21.9. The van der Waals surface area contributed by atoms with Crippen LogP contribution in [0.25, 0.3) is 0 Å². The van der Waals surface area contributed by atoms with E-state index < -0.39 is 5.91 Å². The molecule has 1 aliphatic rings. The molecule has 1 aliphatic heterocycles. The number of anilines is 2. The Labute approximate surface area is 228 Å². The van der Waals surface area contributed by atoms with Gasteiger partial charge in [0.25, 0.3) is 11.8 Å². The molecule has 188 valence electrons. The summed E-state index contributed by atoms with van der Waals surface area (Å²) in [5, 5.41) is 20.4. The first kappa shape index (κ1) is 26.8. The number of ether oxygens (including phenoxy) is 1. The Morgan fingerprint density at radius 1 is 1.14 bits per heavy atom. The monoisotopic (exact) mass is 600 g/mol. The molecule has 0 atom stereocenters. The van der Waals surface area contributed by atoms with Gasteiger partial charge in [-0.2, -0.15) is 5.26 Å². The Morgan fingerprint density at radius 3 is 2.44 bits per heavy atom. The first-order chi connectivity index (χ1) is 16.9. The summed E-state index contributed by atoms with van der Waals surface area (Å²) in [6.45, 7) is 3.88. The third-order valence-electron chi connectivity index (χ3n) is 5.72. The van der Waals surface area contributed by atoms with Crippen molar-refractivity contribution in [3.63, 3.8) is 0 Å². The van der Waals surface area contributed by atoms with Gasteiger partial charge in [0.2, 0.25) is 0 Å². The summed E-state index contributed by atoms with van der Waals surface area (Å²) >= 11 is 0. The number of hydrogen-bond acceptors (Lipinski definition) is 7. The smallest absolute Gasteiger partial charge is 0.274 e. The maximum absolute atomic E-state index is 12.7. The number of carbonyl (C=O) groups is 2. The lowest BCUT2D eigenvalue weighted by Gasteiger charge is -2.26. The minimum atomic E-state index is -0.430. The van der Waals surface area contributed by atoms with Gasteiger partial charge in [-0.1, -0.05) is 12.1 Å². The first-order valence-electron chi connectivity index (χ1n) is 11.0. The molecule has 0 spiro atoms. The summed E-state index contributed by atoms with van der Waals surface area (Å²) in [7, 11) is 0. The number of nitrogens with two attached hydrogens (primary N) is 1. The van der Waals surface area contributed by atoms with Gasteiger partial charge in [0.15, 0.2) is 0 Å². The number of rotatable bonds is 5. The highest BCUT2D eigenvalue weighted by Gasteiger charge is 2.19. The summed E-state index contributed by atoms with van der Waals surface area (Å²) in [5.74, 6) is -0.498. The fraction of sp³-hybridized carbons (Fsp3) is 0.192. The molecule has 2 heterocycles. The van der Waals surface area contributed by atoms with Crippen molar-refractivity contribution in [3.8, 4) is 6.07 Å². The summed E-state index contributed by atoms with van der Waals surface area (Å²) in [4.78, 5) is 31.2. The molecule has 0 saturated carbocycles. The van der Waals surface area contributed by atoms with E-state index in [1.807, 2.05) is 6.07 Å². The van der Waals surface area contributed by atoms with E-state index in [4.69, 9.17) is 21.1 Å². The molecule has 0 bridgehead atoms. The highest BCUT2D eigenvalue weighted by atomic mass is 127. The van der Waals surface area contributed by atoms with E-state index >= 15 is 0 Å². The number of amides is 2. The maximum atomic E-state index is 12.7. The van der Waals surface area contributed by atoms with Crippen molar-refractivity contribution in [3.05, 3.63) is 88.2 Å². The van der Waals surface area contributed by atoms with Crippen molar-refractivity contribution in [1.82, 2.24) is 9.88 Å². The Hall–Kier alpha value is -3.82. The lowest BCUT2D eigenvalue weighted by molar-refractivity contribution is 0.0303. The van der Waals surface area contributed by atoms with Crippen LogP contribution in [-0.4, -0.2) is 53.7 Å². The van der Waals surface area contributed by atoms with Gasteiger partial charge in [-0.05, 0) is 48.9 Å². The lowest BCUT2D eigenvalue weighted by atomic mass is 9.99. The molecular formula is C26H29IN6O3. The van der Waals surface area contributed by atoms with Crippen molar-refractivity contribution in [1.29, 1.82) is 10.7 Å². The van der Waals surface area contributed by atoms with Crippen LogP contribution in [0.1, 0.15) is 46.0 Å². The van der Waals surface area contributed by atoms with Crippen LogP contribution in [-0.2, 0) is 4.74 Å². The quantitative estimate of drug-likeness (QED) is 0.229. The van der Waals surface area contributed by atoms with E-state index in [2.05, 4.69) is 10.3 Å². The molecule has 4 N–H and O–H groups in total. The molecule has 10 heteroatoms. The minimum Gasteiger partial charge on any atom is -0.398 e. The van der Waals surface area contributed by atoms with Crippen LogP contribution in [0.3, 0.4) is 0 Å². The Balaban J connectivity index is 0.00000241. The molecule has 9 nitrogen and oxygen atoms in total. The summed E-state index contributed by atoms with van der Waals surface area (Å²) < 4.78 is 5.30. The van der Waals surface area contributed by atoms with E-state index in [0.29, 0.717) is 65.5 Å². The average Bonchev–Trinajstić information content (AvgIpc) is 2.89. The molecule has 0 radical (unpaired) electrons.